The Kier molecular flexibility index (Phi) is 4.36. The maximum Gasteiger partial charge on any atom is 0.451 e. The first-order chi connectivity index (χ1) is 14.9. The van der Waals surface area contributed by atoms with E-state index in [1.165, 1.54) is 17.1 Å². The fourth-order valence-electron chi connectivity index (χ4n) is 3.24. The van der Waals surface area contributed by atoms with Gasteiger partial charge < -0.3 is 14.5 Å². The summed E-state index contributed by atoms with van der Waals surface area (Å²) in [5.41, 5.74) is 2.29. The third-order valence-corrected chi connectivity index (χ3v) is 4.68. The molecule has 0 spiro atoms. The Hall–Kier alpha value is -3.93. The monoisotopic (exact) mass is 430 g/mol. The number of hydrogen-bond acceptors (Lipinski definition) is 7. The summed E-state index contributed by atoms with van der Waals surface area (Å²) in [7, 11) is 0. The van der Waals surface area contributed by atoms with Gasteiger partial charge in [0.05, 0.1) is 23.0 Å². The van der Waals surface area contributed by atoms with Gasteiger partial charge in [-0.2, -0.15) is 13.2 Å². The number of amides is 1. The fraction of sp³-hybridized carbons (Fsp3) is 0.158. The van der Waals surface area contributed by atoms with Gasteiger partial charge in [-0.1, -0.05) is 0 Å². The van der Waals surface area contributed by atoms with Crippen LogP contribution in [0, 0.1) is 0 Å². The lowest BCUT2D eigenvalue weighted by atomic mass is 10.2. The normalized spacial score (nSPS) is 13.4. The van der Waals surface area contributed by atoms with Crippen molar-refractivity contribution in [3.8, 4) is 11.6 Å². The predicted octanol–water partition coefficient (Wildman–Crippen LogP) is 3.91. The zero-order chi connectivity index (χ0) is 21.6. The van der Waals surface area contributed by atoms with Gasteiger partial charge in [0.25, 0.3) is 0 Å². The van der Waals surface area contributed by atoms with Crippen molar-refractivity contribution in [2.75, 3.05) is 5.32 Å². The van der Waals surface area contributed by atoms with Gasteiger partial charge in [0.1, 0.15) is 12.1 Å². The van der Waals surface area contributed by atoms with Crippen molar-refractivity contribution < 1.29 is 27.1 Å². The maximum absolute atomic E-state index is 12.6. The van der Waals surface area contributed by atoms with Gasteiger partial charge in [-0.25, -0.2) is 19.7 Å². The maximum atomic E-state index is 12.6. The molecule has 31 heavy (non-hydrogen) atoms. The van der Waals surface area contributed by atoms with Crippen LogP contribution in [0.4, 0.5) is 24.0 Å². The van der Waals surface area contributed by atoms with Crippen molar-refractivity contribution in [2.45, 2.75) is 19.3 Å². The minimum atomic E-state index is -4.69. The highest BCUT2D eigenvalue weighted by Crippen LogP contribution is 2.31. The summed E-state index contributed by atoms with van der Waals surface area (Å²) in [6.45, 7) is 1.27. The molecule has 0 unspecified atom stereocenters. The standard InChI is InChI=1S/C19H13F3N6O3/c20-19(21,22)15-8-24-17(31-15)27-18(29)28-4-3-10-5-11(1-2-14(10)28)30-16-12-6-23-7-13(12)25-9-26-16/h1-5,8-9,23H,6-7H2,(H,24,27,29). The molecule has 4 heterocycles. The van der Waals surface area contributed by atoms with E-state index in [-0.39, 0.29) is 0 Å². The number of carbonyl (C=O) groups is 1. The van der Waals surface area contributed by atoms with Gasteiger partial charge in [0.2, 0.25) is 11.6 Å². The molecular weight excluding hydrogens is 417 g/mol. The van der Waals surface area contributed by atoms with Crippen LogP contribution in [0.3, 0.4) is 0 Å². The lowest BCUT2D eigenvalue weighted by molar-refractivity contribution is -0.152. The minimum Gasteiger partial charge on any atom is -0.439 e. The molecule has 0 bridgehead atoms. The third-order valence-electron chi connectivity index (χ3n) is 4.68. The zero-order valence-electron chi connectivity index (χ0n) is 15.6. The molecule has 3 aromatic heterocycles. The van der Waals surface area contributed by atoms with Crippen LogP contribution >= 0.6 is 0 Å². The number of benzene rings is 1. The van der Waals surface area contributed by atoms with Crippen LogP contribution < -0.4 is 15.4 Å². The molecule has 0 saturated carbocycles. The number of ether oxygens (including phenoxy) is 1. The molecule has 9 nitrogen and oxygen atoms in total. The van der Waals surface area contributed by atoms with Gasteiger partial charge in [-0.3, -0.25) is 9.88 Å². The number of alkyl halides is 3. The first-order valence-corrected chi connectivity index (χ1v) is 9.05. The molecule has 0 saturated heterocycles. The quantitative estimate of drug-likeness (QED) is 0.507. The van der Waals surface area contributed by atoms with Crippen molar-refractivity contribution >= 4 is 22.9 Å². The smallest absolute Gasteiger partial charge is 0.439 e. The van der Waals surface area contributed by atoms with Crippen molar-refractivity contribution in [1.29, 1.82) is 0 Å². The molecule has 0 radical (unpaired) electrons. The summed E-state index contributed by atoms with van der Waals surface area (Å²) in [6.07, 6.45) is -1.27. The minimum absolute atomic E-state index is 0.455. The van der Waals surface area contributed by atoms with Crippen molar-refractivity contribution in [3.63, 3.8) is 0 Å². The van der Waals surface area contributed by atoms with Crippen LogP contribution in [0.5, 0.6) is 11.6 Å². The number of anilines is 1. The highest BCUT2D eigenvalue weighted by atomic mass is 19.4. The molecule has 0 aliphatic carbocycles. The Morgan fingerprint density at radius 3 is 2.87 bits per heavy atom. The van der Waals surface area contributed by atoms with Crippen LogP contribution in [-0.4, -0.2) is 25.6 Å². The molecule has 4 aromatic rings. The van der Waals surface area contributed by atoms with Crippen LogP contribution in [0.1, 0.15) is 17.0 Å². The van der Waals surface area contributed by atoms with E-state index in [4.69, 9.17) is 4.74 Å². The second-order valence-corrected chi connectivity index (χ2v) is 6.67. The number of nitrogens with one attached hydrogen (secondary N) is 2. The summed E-state index contributed by atoms with van der Waals surface area (Å²) in [4.78, 5) is 24.3. The van der Waals surface area contributed by atoms with Gasteiger partial charge in [0.15, 0.2) is 0 Å². The van der Waals surface area contributed by atoms with Crippen molar-refractivity contribution in [1.82, 2.24) is 24.8 Å². The fourth-order valence-corrected chi connectivity index (χ4v) is 3.24. The van der Waals surface area contributed by atoms with Crippen molar-refractivity contribution in [2.24, 2.45) is 0 Å². The molecular formula is C19H13F3N6O3. The number of rotatable bonds is 3. The predicted molar refractivity (Wildman–Crippen MR) is 101 cm³/mol. The second kappa shape index (κ2) is 7.09. The first-order valence-electron chi connectivity index (χ1n) is 9.05. The van der Waals surface area contributed by atoms with Crippen LogP contribution in [0.15, 0.2) is 47.4 Å². The van der Waals surface area contributed by atoms with Crippen LogP contribution in [-0.2, 0) is 19.3 Å². The molecule has 0 atom stereocenters. The average Bonchev–Trinajstić information content (AvgIpc) is 3.46. The Morgan fingerprint density at radius 2 is 2.06 bits per heavy atom. The summed E-state index contributed by atoms with van der Waals surface area (Å²) < 4.78 is 49.5. The van der Waals surface area contributed by atoms with Gasteiger partial charge >= 0.3 is 18.2 Å². The van der Waals surface area contributed by atoms with Crippen LogP contribution in [0.2, 0.25) is 0 Å². The zero-order valence-corrected chi connectivity index (χ0v) is 15.6. The summed E-state index contributed by atoms with van der Waals surface area (Å²) in [5, 5.41) is 6.07. The van der Waals surface area contributed by atoms with E-state index in [1.807, 2.05) is 0 Å². The molecule has 1 amide bonds. The van der Waals surface area contributed by atoms with E-state index in [9.17, 15) is 18.0 Å². The Balaban J connectivity index is 1.36. The SMILES string of the molecule is O=C(Nc1ncc(C(F)(F)F)o1)n1ccc2cc(Oc3ncnc4c3CNC4)ccc21. The third kappa shape index (κ3) is 3.57. The Morgan fingerprint density at radius 1 is 1.19 bits per heavy atom. The van der Waals surface area contributed by atoms with E-state index in [0.717, 1.165) is 11.3 Å². The van der Waals surface area contributed by atoms with Crippen LogP contribution in [0.25, 0.3) is 10.9 Å². The summed E-state index contributed by atoms with van der Waals surface area (Å²) >= 11 is 0. The summed E-state index contributed by atoms with van der Waals surface area (Å²) in [5.74, 6) is -0.328. The molecule has 0 fully saturated rings. The first kappa shape index (κ1) is 19.1. The summed E-state index contributed by atoms with van der Waals surface area (Å²) in [6, 6.07) is 5.44. The topological polar surface area (TPSA) is 107 Å². The molecule has 5 rings (SSSR count). The van der Waals surface area contributed by atoms with Gasteiger partial charge in [-0.05, 0) is 24.3 Å². The molecule has 2 N–H and O–H groups in total. The lowest BCUT2D eigenvalue weighted by Crippen LogP contribution is -2.18. The molecule has 1 aliphatic rings. The van der Waals surface area contributed by atoms with E-state index in [0.29, 0.717) is 41.8 Å². The molecule has 12 heteroatoms. The lowest BCUT2D eigenvalue weighted by Gasteiger charge is -2.09. The number of oxazole rings is 1. The van der Waals surface area contributed by atoms with E-state index in [1.54, 1.807) is 24.3 Å². The molecule has 1 aromatic carbocycles. The largest absolute Gasteiger partial charge is 0.451 e. The highest BCUT2D eigenvalue weighted by Gasteiger charge is 2.36. The van der Waals surface area contributed by atoms with Gasteiger partial charge in [-0.15, -0.1) is 0 Å². The average molecular weight is 430 g/mol. The molecule has 1 aliphatic heterocycles. The number of hydrogen-bond donors (Lipinski definition) is 2. The van der Waals surface area contributed by atoms with Gasteiger partial charge in [0, 0.05) is 24.7 Å². The number of nitrogens with zero attached hydrogens (tertiary/aromatic N) is 4. The Bertz CT molecular complexity index is 1300. The number of aromatic nitrogens is 4. The number of halogens is 3. The molecule has 158 valence electrons. The van der Waals surface area contributed by atoms with E-state index >= 15 is 0 Å². The number of fused-ring (bicyclic) bond motifs is 2. The highest BCUT2D eigenvalue weighted by molar-refractivity contribution is 5.97. The Labute approximate surface area is 171 Å². The van der Waals surface area contributed by atoms with Crippen molar-refractivity contribution in [3.05, 3.63) is 60.0 Å². The number of carbonyl (C=O) groups excluding carboxylic acids is 1. The second-order valence-electron chi connectivity index (χ2n) is 6.67. The van der Waals surface area contributed by atoms with E-state index < -0.39 is 24.0 Å². The van der Waals surface area contributed by atoms with E-state index in [2.05, 4.69) is 30.0 Å².